The van der Waals surface area contributed by atoms with E-state index in [0.717, 1.165) is 32.4 Å². The Labute approximate surface area is 104 Å². The standard InChI is InChI=1S/C11H22N2O2.ClH/c1-3-10(11(14)15-4-2)13-7-5-6-9(12)8-13;/h9-10H,3-8,12H2,1-2H3;1H. The summed E-state index contributed by atoms with van der Waals surface area (Å²) in [6.07, 6.45) is 2.94. The third-order valence-corrected chi connectivity index (χ3v) is 2.88. The summed E-state index contributed by atoms with van der Waals surface area (Å²) in [4.78, 5) is 13.8. The summed E-state index contributed by atoms with van der Waals surface area (Å²) in [5, 5.41) is 0. The highest BCUT2D eigenvalue weighted by Gasteiger charge is 2.28. The molecule has 0 saturated carbocycles. The summed E-state index contributed by atoms with van der Waals surface area (Å²) in [6.45, 7) is 6.09. The second-order valence-corrected chi connectivity index (χ2v) is 4.07. The lowest BCUT2D eigenvalue weighted by atomic mass is 10.0. The van der Waals surface area contributed by atoms with Crippen molar-refractivity contribution in [2.45, 2.75) is 45.2 Å². The Balaban J connectivity index is 0.00000225. The molecule has 5 heteroatoms. The van der Waals surface area contributed by atoms with E-state index in [2.05, 4.69) is 4.90 Å². The van der Waals surface area contributed by atoms with Gasteiger partial charge in [0.2, 0.25) is 0 Å². The summed E-state index contributed by atoms with van der Waals surface area (Å²) >= 11 is 0. The first-order valence-corrected chi connectivity index (χ1v) is 5.85. The molecule has 1 aliphatic heterocycles. The van der Waals surface area contributed by atoms with Crippen molar-refractivity contribution in [3.05, 3.63) is 0 Å². The quantitative estimate of drug-likeness (QED) is 0.762. The topological polar surface area (TPSA) is 55.6 Å². The fraction of sp³-hybridized carbons (Fsp3) is 0.909. The van der Waals surface area contributed by atoms with Crippen LogP contribution in [0.4, 0.5) is 0 Å². The van der Waals surface area contributed by atoms with Crippen molar-refractivity contribution in [2.24, 2.45) is 5.73 Å². The van der Waals surface area contributed by atoms with Gasteiger partial charge in [0.25, 0.3) is 0 Å². The van der Waals surface area contributed by atoms with Gasteiger partial charge in [0.1, 0.15) is 6.04 Å². The number of hydrogen-bond acceptors (Lipinski definition) is 4. The van der Waals surface area contributed by atoms with E-state index in [1.54, 1.807) is 0 Å². The smallest absolute Gasteiger partial charge is 0.323 e. The minimum absolute atomic E-state index is 0. The summed E-state index contributed by atoms with van der Waals surface area (Å²) in [6, 6.07) is 0.110. The first kappa shape index (κ1) is 15.7. The van der Waals surface area contributed by atoms with Crippen molar-refractivity contribution in [1.82, 2.24) is 4.90 Å². The molecule has 96 valence electrons. The molecule has 1 heterocycles. The Morgan fingerprint density at radius 1 is 1.56 bits per heavy atom. The Hall–Kier alpha value is -0.320. The molecule has 0 aliphatic carbocycles. The number of halogens is 1. The van der Waals surface area contributed by atoms with Crippen LogP contribution >= 0.6 is 12.4 Å². The summed E-state index contributed by atoms with van der Waals surface area (Å²) in [5.74, 6) is -0.103. The molecule has 0 aromatic carbocycles. The highest BCUT2D eigenvalue weighted by atomic mass is 35.5. The molecule has 0 aromatic heterocycles. The molecule has 0 amide bonds. The first-order chi connectivity index (χ1) is 7.19. The van der Waals surface area contributed by atoms with Gasteiger partial charge in [0.05, 0.1) is 6.61 Å². The summed E-state index contributed by atoms with van der Waals surface area (Å²) in [5.41, 5.74) is 5.90. The molecule has 1 aliphatic rings. The predicted octanol–water partition coefficient (Wildman–Crippen LogP) is 1.17. The van der Waals surface area contributed by atoms with E-state index in [4.69, 9.17) is 10.5 Å². The van der Waals surface area contributed by atoms with Gasteiger partial charge in [-0.15, -0.1) is 12.4 Å². The third-order valence-electron chi connectivity index (χ3n) is 2.88. The molecule has 1 fully saturated rings. The lowest BCUT2D eigenvalue weighted by Crippen LogP contribution is -2.50. The van der Waals surface area contributed by atoms with Crippen molar-refractivity contribution < 1.29 is 9.53 Å². The number of nitrogens with zero attached hydrogens (tertiary/aromatic N) is 1. The van der Waals surface area contributed by atoms with Crippen LogP contribution in [0, 0.1) is 0 Å². The highest BCUT2D eigenvalue weighted by Crippen LogP contribution is 2.14. The molecular formula is C11H23ClN2O2. The zero-order chi connectivity index (χ0) is 11.3. The maximum atomic E-state index is 11.7. The van der Waals surface area contributed by atoms with Crippen LogP contribution < -0.4 is 5.73 Å². The molecule has 0 bridgehead atoms. The van der Waals surface area contributed by atoms with Crippen LogP contribution in [-0.2, 0) is 9.53 Å². The number of rotatable bonds is 4. The zero-order valence-corrected chi connectivity index (χ0v) is 11.0. The van der Waals surface area contributed by atoms with Gasteiger partial charge in [0.15, 0.2) is 0 Å². The zero-order valence-electron chi connectivity index (χ0n) is 10.1. The fourth-order valence-electron chi connectivity index (χ4n) is 2.14. The number of piperidine rings is 1. The van der Waals surface area contributed by atoms with E-state index >= 15 is 0 Å². The predicted molar refractivity (Wildman–Crippen MR) is 66.7 cm³/mol. The average Bonchev–Trinajstić information content (AvgIpc) is 2.19. The summed E-state index contributed by atoms with van der Waals surface area (Å²) < 4.78 is 5.06. The molecule has 4 nitrogen and oxygen atoms in total. The van der Waals surface area contributed by atoms with E-state index in [1.807, 2.05) is 13.8 Å². The first-order valence-electron chi connectivity index (χ1n) is 5.85. The van der Waals surface area contributed by atoms with E-state index in [-0.39, 0.29) is 30.5 Å². The van der Waals surface area contributed by atoms with Crippen molar-refractivity contribution in [3.8, 4) is 0 Å². The number of hydrogen-bond donors (Lipinski definition) is 1. The largest absolute Gasteiger partial charge is 0.465 e. The van der Waals surface area contributed by atoms with Crippen LogP contribution in [0.1, 0.15) is 33.1 Å². The Kier molecular flexibility index (Phi) is 7.72. The molecule has 2 N–H and O–H groups in total. The maximum absolute atomic E-state index is 11.7. The van der Waals surface area contributed by atoms with Crippen molar-refractivity contribution >= 4 is 18.4 Å². The Morgan fingerprint density at radius 3 is 2.75 bits per heavy atom. The van der Waals surface area contributed by atoms with E-state index in [1.165, 1.54) is 0 Å². The van der Waals surface area contributed by atoms with E-state index in [9.17, 15) is 4.79 Å². The van der Waals surface area contributed by atoms with Crippen molar-refractivity contribution in [1.29, 1.82) is 0 Å². The van der Waals surface area contributed by atoms with Crippen LogP contribution in [-0.4, -0.2) is 42.6 Å². The monoisotopic (exact) mass is 250 g/mol. The SMILES string of the molecule is CCOC(=O)C(CC)N1CCCC(N)C1.Cl. The summed E-state index contributed by atoms with van der Waals surface area (Å²) in [7, 11) is 0. The van der Waals surface area contributed by atoms with E-state index in [0.29, 0.717) is 6.61 Å². The molecule has 0 radical (unpaired) electrons. The van der Waals surface area contributed by atoms with Crippen LogP contribution in [0.2, 0.25) is 0 Å². The van der Waals surface area contributed by atoms with Gasteiger partial charge in [-0.2, -0.15) is 0 Å². The molecule has 0 spiro atoms. The van der Waals surface area contributed by atoms with Crippen molar-refractivity contribution in [2.75, 3.05) is 19.7 Å². The van der Waals surface area contributed by atoms with Crippen molar-refractivity contribution in [3.63, 3.8) is 0 Å². The number of esters is 1. The second-order valence-electron chi connectivity index (χ2n) is 4.07. The minimum atomic E-state index is -0.103. The Bertz CT molecular complexity index is 214. The number of likely N-dealkylation sites (tertiary alicyclic amines) is 1. The molecule has 0 aromatic rings. The van der Waals surface area contributed by atoms with Crippen LogP contribution in [0.5, 0.6) is 0 Å². The third kappa shape index (κ3) is 4.28. The van der Waals surface area contributed by atoms with Crippen LogP contribution in [0.25, 0.3) is 0 Å². The Morgan fingerprint density at radius 2 is 2.25 bits per heavy atom. The molecule has 2 unspecified atom stereocenters. The number of ether oxygens (including phenoxy) is 1. The highest BCUT2D eigenvalue weighted by molar-refractivity contribution is 5.85. The van der Waals surface area contributed by atoms with E-state index < -0.39 is 0 Å². The average molecular weight is 251 g/mol. The van der Waals surface area contributed by atoms with Gasteiger partial charge in [0, 0.05) is 12.6 Å². The molecule has 1 saturated heterocycles. The maximum Gasteiger partial charge on any atom is 0.323 e. The number of carbonyl (C=O) groups excluding carboxylic acids is 1. The molecule has 2 atom stereocenters. The van der Waals surface area contributed by atoms with Crippen LogP contribution in [0.3, 0.4) is 0 Å². The van der Waals surface area contributed by atoms with Gasteiger partial charge in [-0.25, -0.2) is 0 Å². The second kappa shape index (κ2) is 7.87. The number of nitrogens with two attached hydrogens (primary N) is 1. The lowest BCUT2D eigenvalue weighted by Gasteiger charge is -2.35. The van der Waals surface area contributed by atoms with Gasteiger partial charge < -0.3 is 10.5 Å². The molecular weight excluding hydrogens is 228 g/mol. The van der Waals surface area contributed by atoms with Gasteiger partial charge >= 0.3 is 5.97 Å². The number of carbonyl (C=O) groups is 1. The fourth-order valence-corrected chi connectivity index (χ4v) is 2.14. The lowest BCUT2D eigenvalue weighted by molar-refractivity contribution is -0.150. The molecule has 1 rings (SSSR count). The van der Waals surface area contributed by atoms with Crippen LogP contribution in [0.15, 0.2) is 0 Å². The van der Waals surface area contributed by atoms with Gasteiger partial charge in [-0.3, -0.25) is 9.69 Å². The normalized spacial score (nSPS) is 23.3. The van der Waals surface area contributed by atoms with Gasteiger partial charge in [-0.05, 0) is 32.7 Å². The molecule has 16 heavy (non-hydrogen) atoms. The van der Waals surface area contributed by atoms with Gasteiger partial charge in [-0.1, -0.05) is 6.92 Å². The minimum Gasteiger partial charge on any atom is -0.465 e.